The summed E-state index contributed by atoms with van der Waals surface area (Å²) in [5.74, 6) is 0.170. The Morgan fingerprint density at radius 3 is 2.63 bits per heavy atom. The second kappa shape index (κ2) is 9.03. The standard InChI is InChI=1S/C18H21ClN4O2S2/c1-3-15(12-4-6-13(19)7-5-12)20-16(25)10-26-18-22-21-17(27-18)23(11(2)24)14-8-9-14/h4-7,14-15H,3,8-10H2,1-2H3,(H,20,25). The van der Waals surface area contributed by atoms with Gasteiger partial charge in [0.05, 0.1) is 11.8 Å². The molecule has 0 saturated heterocycles. The molecule has 1 fully saturated rings. The van der Waals surface area contributed by atoms with Crippen molar-refractivity contribution in [2.45, 2.75) is 49.5 Å². The molecule has 9 heteroatoms. The van der Waals surface area contributed by atoms with Gasteiger partial charge in [-0.3, -0.25) is 14.5 Å². The van der Waals surface area contributed by atoms with Gasteiger partial charge in [-0.15, -0.1) is 10.2 Å². The van der Waals surface area contributed by atoms with Crippen LogP contribution in [-0.2, 0) is 9.59 Å². The van der Waals surface area contributed by atoms with E-state index in [0.717, 1.165) is 24.8 Å². The maximum atomic E-state index is 12.3. The van der Waals surface area contributed by atoms with Crippen LogP contribution < -0.4 is 10.2 Å². The highest BCUT2D eigenvalue weighted by Crippen LogP contribution is 2.35. The number of halogens is 1. The van der Waals surface area contributed by atoms with Gasteiger partial charge >= 0.3 is 0 Å². The lowest BCUT2D eigenvalue weighted by molar-refractivity contribution is -0.119. The molecule has 1 aromatic carbocycles. The van der Waals surface area contributed by atoms with Crippen LogP contribution in [0.1, 0.15) is 44.7 Å². The third kappa shape index (κ3) is 5.43. The van der Waals surface area contributed by atoms with Crippen LogP contribution in [0.15, 0.2) is 28.6 Å². The molecule has 1 heterocycles. The van der Waals surface area contributed by atoms with E-state index in [1.807, 2.05) is 31.2 Å². The number of rotatable bonds is 8. The van der Waals surface area contributed by atoms with Crippen molar-refractivity contribution in [2.24, 2.45) is 0 Å². The number of hydrogen-bond acceptors (Lipinski definition) is 6. The molecule has 0 radical (unpaired) electrons. The van der Waals surface area contributed by atoms with E-state index in [9.17, 15) is 9.59 Å². The topological polar surface area (TPSA) is 75.2 Å². The number of thioether (sulfide) groups is 1. The highest BCUT2D eigenvalue weighted by Gasteiger charge is 2.34. The second-order valence-electron chi connectivity index (χ2n) is 6.34. The number of benzene rings is 1. The summed E-state index contributed by atoms with van der Waals surface area (Å²) in [7, 11) is 0. The fraction of sp³-hybridized carbons (Fsp3) is 0.444. The zero-order valence-corrected chi connectivity index (χ0v) is 17.5. The van der Waals surface area contributed by atoms with Crippen LogP contribution in [0, 0.1) is 0 Å². The molecule has 144 valence electrons. The number of carbonyl (C=O) groups excluding carboxylic acids is 2. The van der Waals surface area contributed by atoms with E-state index in [-0.39, 0.29) is 29.7 Å². The highest BCUT2D eigenvalue weighted by atomic mass is 35.5. The van der Waals surface area contributed by atoms with Crippen molar-refractivity contribution in [3.8, 4) is 0 Å². The molecule has 1 aliphatic carbocycles. The number of hydrogen-bond donors (Lipinski definition) is 1. The van der Waals surface area contributed by atoms with Crippen LogP contribution in [0.2, 0.25) is 5.02 Å². The summed E-state index contributed by atoms with van der Waals surface area (Å²) in [6.45, 7) is 3.57. The number of amides is 2. The van der Waals surface area contributed by atoms with Gasteiger partial charge < -0.3 is 5.32 Å². The number of aromatic nitrogens is 2. The Morgan fingerprint density at radius 1 is 1.33 bits per heavy atom. The Bertz CT molecular complexity index is 808. The van der Waals surface area contributed by atoms with Gasteiger partial charge in [0.1, 0.15) is 0 Å². The van der Waals surface area contributed by atoms with Crippen LogP contribution in [0.3, 0.4) is 0 Å². The van der Waals surface area contributed by atoms with E-state index < -0.39 is 0 Å². The SMILES string of the molecule is CCC(NC(=O)CSc1nnc(N(C(C)=O)C2CC2)s1)c1ccc(Cl)cc1. The van der Waals surface area contributed by atoms with E-state index in [1.165, 1.54) is 23.1 Å². The monoisotopic (exact) mass is 424 g/mol. The molecule has 0 aliphatic heterocycles. The fourth-order valence-corrected chi connectivity index (χ4v) is 4.61. The maximum absolute atomic E-state index is 12.3. The van der Waals surface area contributed by atoms with Crippen molar-refractivity contribution >= 4 is 51.6 Å². The molecule has 1 N–H and O–H groups in total. The van der Waals surface area contributed by atoms with E-state index in [4.69, 9.17) is 11.6 Å². The minimum Gasteiger partial charge on any atom is -0.349 e. The summed E-state index contributed by atoms with van der Waals surface area (Å²) < 4.78 is 0.687. The average Bonchev–Trinajstić information content (AvgIpc) is 3.36. The van der Waals surface area contributed by atoms with Crippen molar-refractivity contribution in [2.75, 3.05) is 10.7 Å². The van der Waals surface area contributed by atoms with E-state index in [2.05, 4.69) is 15.5 Å². The van der Waals surface area contributed by atoms with Crippen LogP contribution in [-0.4, -0.2) is 33.8 Å². The molecular formula is C18H21ClN4O2S2. The number of anilines is 1. The number of nitrogens with one attached hydrogen (secondary N) is 1. The summed E-state index contributed by atoms with van der Waals surface area (Å²) >= 11 is 8.61. The largest absolute Gasteiger partial charge is 0.349 e. The molecule has 1 atom stereocenters. The lowest BCUT2D eigenvalue weighted by atomic mass is 10.0. The molecule has 6 nitrogen and oxygen atoms in total. The minimum absolute atomic E-state index is 0.0169. The average molecular weight is 425 g/mol. The first-order valence-corrected chi connectivity index (χ1v) is 11.0. The Kier molecular flexibility index (Phi) is 6.73. The van der Waals surface area contributed by atoms with Crippen LogP contribution in [0.25, 0.3) is 0 Å². The molecule has 0 spiro atoms. The van der Waals surface area contributed by atoms with Crippen LogP contribution >= 0.6 is 34.7 Å². The lowest BCUT2D eigenvalue weighted by Crippen LogP contribution is -2.30. The van der Waals surface area contributed by atoms with Crippen LogP contribution in [0.4, 0.5) is 5.13 Å². The fourth-order valence-electron chi connectivity index (χ4n) is 2.72. The second-order valence-corrected chi connectivity index (χ2v) is 8.95. The van der Waals surface area contributed by atoms with Gasteiger partial charge in [0.25, 0.3) is 0 Å². The smallest absolute Gasteiger partial charge is 0.230 e. The van der Waals surface area contributed by atoms with E-state index >= 15 is 0 Å². The summed E-state index contributed by atoms with van der Waals surface area (Å²) in [4.78, 5) is 25.8. The zero-order valence-electron chi connectivity index (χ0n) is 15.1. The highest BCUT2D eigenvalue weighted by molar-refractivity contribution is 8.01. The van der Waals surface area contributed by atoms with Gasteiger partial charge in [-0.2, -0.15) is 0 Å². The van der Waals surface area contributed by atoms with E-state index in [0.29, 0.717) is 14.5 Å². The van der Waals surface area contributed by atoms with Crippen molar-refractivity contribution in [3.63, 3.8) is 0 Å². The molecule has 1 aliphatic rings. The van der Waals surface area contributed by atoms with Gasteiger partial charge in [0.2, 0.25) is 16.9 Å². The molecule has 2 amide bonds. The van der Waals surface area contributed by atoms with Crippen molar-refractivity contribution in [1.29, 1.82) is 0 Å². The third-order valence-electron chi connectivity index (χ3n) is 4.20. The lowest BCUT2D eigenvalue weighted by Gasteiger charge is -2.17. The Balaban J connectivity index is 1.54. The first-order valence-electron chi connectivity index (χ1n) is 8.79. The van der Waals surface area contributed by atoms with Crippen LogP contribution in [0.5, 0.6) is 0 Å². The summed E-state index contributed by atoms with van der Waals surface area (Å²) in [6.07, 6.45) is 2.80. The molecule has 1 saturated carbocycles. The first kappa shape index (κ1) is 20.1. The molecule has 27 heavy (non-hydrogen) atoms. The third-order valence-corrected chi connectivity index (χ3v) is 6.50. The Labute approximate surface area is 171 Å². The maximum Gasteiger partial charge on any atom is 0.230 e. The van der Waals surface area contributed by atoms with E-state index in [1.54, 1.807) is 11.8 Å². The summed E-state index contributed by atoms with van der Waals surface area (Å²) in [5, 5.41) is 12.6. The molecule has 2 aromatic rings. The van der Waals surface area contributed by atoms with Crippen molar-refractivity contribution in [3.05, 3.63) is 34.9 Å². The minimum atomic E-state index is -0.0656. The molecule has 0 bridgehead atoms. The van der Waals surface area contributed by atoms with Gasteiger partial charge in [0, 0.05) is 18.0 Å². The molecule has 3 rings (SSSR count). The number of nitrogens with zero attached hydrogens (tertiary/aromatic N) is 3. The Morgan fingerprint density at radius 2 is 2.04 bits per heavy atom. The zero-order chi connectivity index (χ0) is 19.4. The van der Waals surface area contributed by atoms with Gasteiger partial charge in [-0.1, -0.05) is 53.8 Å². The normalized spacial score (nSPS) is 14.6. The van der Waals surface area contributed by atoms with Crippen molar-refractivity contribution < 1.29 is 9.59 Å². The first-order chi connectivity index (χ1) is 13.0. The predicted octanol–water partition coefficient (Wildman–Crippen LogP) is 4.07. The van der Waals surface area contributed by atoms with Gasteiger partial charge in [-0.25, -0.2) is 0 Å². The predicted molar refractivity (Wildman–Crippen MR) is 109 cm³/mol. The van der Waals surface area contributed by atoms with Crippen molar-refractivity contribution in [1.82, 2.24) is 15.5 Å². The van der Waals surface area contributed by atoms with Gasteiger partial charge in [-0.05, 0) is 37.0 Å². The summed E-state index contributed by atoms with van der Waals surface area (Å²) in [6, 6.07) is 7.70. The quantitative estimate of drug-likeness (QED) is 0.510. The molecular weight excluding hydrogens is 404 g/mol. The molecule has 1 aromatic heterocycles. The number of carbonyl (C=O) groups is 2. The Hall–Kier alpha value is -1.64. The summed E-state index contributed by atoms with van der Waals surface area (Å²) in [5.41, 5.74) is 1.03. The van der Waals surface area contributed by atoms with Gasteiger partial charge in [0.15, 0.2) is 4.34 Å². The molecule has 1 unspecified atom stereocenters.